The number of aryl methyl sites for hydroxylation is 1. The van der Waals surface area contributed by atoms with Crippen LogP contribution in [0.15, 0.2) is 12.3 Å². The normalized spacial score (nSPS) is 9.93. The van der Waals surface area contributed by atoms with Crippen LogP contribution in [0.2, 0.25) is 0 Å². The Bertz CT molecular complexity index is 337. The largest absolute Gasteiger partial charge is 0.618 e. The summed E-state index contributed by atoms with van der Waals surface area (Å²) < 4.78 is 5.47. The number of esters is 1. The maximum atomic E-state index is 11.3. The van der Waals surface area contributed by atoms with Gasteiger partial charge in [0.15, 0.2) is 11.9 Å². The summed E-state index contributed by atoms with van der Waals surface area (Å²) in [5, 5.41) is 11.3. The van der Waals surface area contributed by atoms with Gasteiger partial charge in [-0.2, -0.15) is 4.73 Å². The summed E-state index contributed by atoms with van der Waals surface area (Å²) in [7, 11) is 0. The van der Waals surface area contributed by atoms with Crippen molar-refractivity contribution in [2.75, 3.05) is 6.61 Å². The van der Waals surface area contributed by atoms with Crippen LogP contribution < -0.4 is 4.73 Å². The first-order valence-electron chi connectivity index (χ1n) is 4.43. The van der Waals surface area contributed by atoms with Crippen LogP contribution in [-0.4, -0.2) is 12.6 Å². The van der Waals surface area contributed by atoms with E-state index in [4.69, 9.17) is 4.74 Å². The van der Waals surface area contributed by atoms with E-state index in [2.05, 4.69) is 0 Å². The van der Waals surface area contributed by atoms with E-state index < -0.39 is 5.97 Å². The minimum Gasteiger partial charge on any atom is -0.618 e. The molecule has 0 aliphatic rings. The van der Waals surface area contributed by atoms with Crippen molar-refractivity contribution in [3.63, 3.8) is 0 Å². The summed E-state index contributed by atoms with van der Waals surface area (Å²) in [6.07, 6.45) is 1.24. The zero-order chi connectivity index (χ0) is 10.7. The Labute approximate surface area is 82.7 Å². The standard InChI is InChI=1S/C10H13NO3/c1-4-14-10(12)9-5-7(2)8(3)11(13)6-9/h5-6H,4H2,1-3H3. The van der Waals surface area contributed by atoms with Gasteiger partial charge in [-0.25, -0.2) is 4.79 Å². The molecule has 1 aromatic heterocycles. The Hall–Kier alpha value is -1.58. The predicted molar refractivity (Wildman–Crippen MR) is 50.8 cm³/mol. The lowest BCUT2D eigenvalue weighted by atomic mass is 10.1. The lowest BCUT2D eigenvalue weighted by Gasteiger charge is -2.06. The Balaban J connectivity index is 3.06. The lowest BCUT2D eigenvalue weighted by molar-refractivity contribution is -0.612. The van der Waals surface area contributed by atoms with E-state index in [1.807, 2.05) is 0 Å². The van der Waals surface area contributed by atoms with Crippen molar-refractivity contribution in [1.29, 1.82) is 0 Å². The van der Waals surface area contributed by atoms with Crippen molar-refractivity contribution in [2.24, 2.45) is 0 Å². The van der Waals surface area contributed by atoms with Crippen LogP contribution in [0.3, 0.4) is 0 Å². The Morgan fingerprint density at radius 1 is 1.57 bits per heavy atom. The molecule has 0 unspecified atom stereocenters. The fourth-order valence-corrected chi connectivity index (χ4v) is 1.10. The van der Waals surface area contributed by atoms with E-state index in [-0.39, 0.29) is 0 Å². The minimum absolute atomic E-state index is 0.296. The Morgan fingerprint density at radius 2 is 2.21 bits per heavy atom. The molecule has 0 N–H and O–H groups in total. The lowest BCUT2D eigenvalue weighted by Crippen LogP contribution is -2.32. The molecule has 0 bridgehead atoms. The zero-order valence-corrected chi connectivity index (χ0v) is 8.53. The molecule has 1 rings (SSSR count). The number of rotatable bonds is 2. The number of aromatic nitrogens is 1. The average Bonchev–Trinajstić information content (AvgIpc) is 2.13. The van der Waals surface area contributed by atoms with Crippen molar-refractivity contribution in [3.8, 4) is 0 Å². The number of nitrogens with zero attached hydrogens (tertiary/aromatic N) is 1. The molecule has 0 aliphatic carbocycles. The molecule has 0 atom stereocenters. The highest BCUT2D eigenvalue weighted by atomic mass is 16.5. The highest BCUT2D eigenvalue weighted by Crippen LogP contribution is 2.06. The van der Waals surface area contributed by atoms with Crippen LogP contribution in [0, 0.1) is 19.1 Å². The van der Waals surface area contributed by atoms with Gasteiger partial charge in [-0.05, 0) is 19.9 Å². The number of hydrogen-bond donors (Lipinski definition) is 0. The van der Waals surface area contributed by atoms with E-state index in [0.717, 1.165) is 5.56 Å². The molecule has 0 aromatic carbocycles. The molecule has 0 saturated carbocycles. The van der Waals surface area contributed by atoms with Crippen molar-refractivity contribution < 1.29 is 14.3 Å². The van der Waals surface area contributed by atoms with Gasteiger partial charge in [0, 0.05) is 12.5 Å². The third-order valence-electron chi connectivity index (χ3n) is 2.04. The van der Waals surface area contributed by atoms with Crippen LogP contribution in [0.25, 0.3) is 0 Å². The van der Waals surface area contributed by atoms with Gasteiger partial charge >= 0.3 is 5.97 Å². The summed E-state index contributed by atoms with van der Waals surface area (Å²) >= 11 is 0. The highest BCUT2D eigenvalue weighted by molar-refractivity contribution is 5.88. The summed E-state index contributed by atoms with van der Waals surface area (Å²) in [4.78, 5) is 11.3. The van der Waals surface area contributed by atoms with E-state index in [1.165, 1.54) is 6.20 Å². The van der Waals surface area contributed by atoms with Crippen molar-refractivity contribution in [1.82, 2.24) is 0 Å². The molecule has 0 saturated heterocycles. The van der Waals surface area contributed by atoms with E-state index in [9.17, 15) is 10.0 Å². The minimum atomic E-state index is -0.458. The van der Waals surface area contributed by atoms with Gasteiger partial charge in [-0.15, -0.1) is 0 Å². The van der Waals surface area contributed by atoms with Crippen LogP contribution in [0.1, 0.15) is 28.5 Å². The number of hydrogen-bond acceptors (Lipinski definition) is 3. The van der Waals surface area contributed by atoms with Crippen LogP contribution in [0.4, 0.5) is 0 Å². The van der Waals surface area contributed by atoms with Crippen LogP contribution >= 0.6 is 0 Å². The summed E-state index contributed by atoms with van der Waals surface area (Å²) in [5.41, 5.74) is 1.67. The maximum absolute atomic E-state index is 11.3. The highest BCUT2D eigenvalue weighted by Gasteiger charge is 2.13. The molecule has 0 spiro atoms. The second-order valence-electron chi connectivity index (χ2n) is 3.04. The number of carbonyl (C=O) groups excluding carboxylic acids is 1. The summed E-state index contributed by atoms with van der Waals surface area (Å²) in [6.45, 7) is 5.53. The fourth-order valence-electron chi connectivity index (χ4n) is 1.10. The first-order chi connectivity index (χ1) is 6.56. The van der Waals surface area contributed by atoms with E-state index in [0.29, 0.717) is 22.6 Å². The van der Waals surface area contributed by atoms with Gasteiger partial charge in [0.2, 0.25) is 0 Å². The molecule has 4 heteroatoms. The van der Waals surface area contributed by atoms with Gasteiger partial charge in [-0.3, -0.25) is 0 Å². The third kappa shape index (κ3) is 2.02. The third-order valence-corrected chi connectivity index (χ3v) is 2.04. The van der Waals surface area contributed by atoms with E-state index in [1.54, 1.807) is 26.8 Å². The van der Waals surface area contributed by atoms with Crippen molar-refractivity contribution in [3.05, 3.63) is 34.3 Å². The number of carbonyl (C=O) groups is 1. The molecule has 0 radical (unpaired) electrons. The van der Waals surface area contributed by atoms with Gasteiger partial charge in [-0.1, -0.05) is 0 Å². The molecule has 1 heterocycles. The SMILES string of the molecule is CCOC(=O)c1cc(C)c(C)[n+]([O-])c1. The summed E-state index contributed by atoms with van der Waals surface area (Å²) in [6, 6.07) is 1.65. The topological polar surface area (TPSA) is 53.2 Å². The molecule has 14 heavy (non-hydrogen) atoms. The molecule has 0 fully saturated rings. The average molecular weight is 195 g/mol. The van der Waals surface area contributed by atoms with Crippen LogP contribution in [0.5, 0.6) is 0 Å². The fraction of sp³-hybridized carbons (Fsp3) is 0.400. The number of ether oxygens (including phenoxy) is 1. The molecule has 0 amide bonds. The van der Waals surface area contributed by atoms with Crippen molar-refractivity contribution in [2.45, 2.75) is 20.8 Å². The first kappa shape index (κ1) is 10.5. The van der Waals surface area contributed by atoms with Gasteiger partial charge in [0.05, 0.1) is 6.61 Å². The van der Waals surface area contributed by atoms with Crippen LogP contribution in [-0.2, 0) is 4.74 Å². The Kier molecular flexibility index (Phi) is 3.06. The maximum Gasteiger partial charge on any atom is 0.344 e. The second-order valence-corrected chi connectivity index (χ2v) is 3.04. The quantitative estimate of drug-likeness (QED) is 0.403. The summed E-state index contributed by atoms with van der Waals surface area (Å²) in [5.74, 6) is -0.458. The molecule has 4 nitrogen and oxygen atoms in total. The smallest absolute Gasteiger partial charge is 0.344 e. The molecule has 0 aliphatic heterocycles. The molecule has 1 aromatic rings. The molecular formula is C10H13NO3. The molecular weight excluding hydrogens is 182 g/mol. The Morgan fingerprint density at radius 3 is 2.71 bits per heavy atom. The zero-order valence-electron chi connectivity index (χ0n) is 8.53. The van der Waals surface area contributed by atoms with Gasteiger partial charge in [0.25, 0.3) is 0 Å². The van der Waals surface area contributed by atoms with E-state index >= 15 is 0 Å². The molecule has 76 valence electrons. The second kappa shape index (κ2) is 4.09. The monoisotopic (exact) mass is 195 g/mol. The van der Waals surface area contributed by atoms with Gasteiger partial charge < -0.3 is 9.94 Å². The number of pyridine rings is 1. The van der Waals surface area contributed by atoms with Crippen molar-refractivity contribution >= 4 is 5.97 Å². The predicted octanol–water partition coefficient (Wildman–Crippen LogP) is 1.11. The van der Waals surface area contributed by atoms with Gasteiger partial charge in [0.1, 0.15) is 5.56 Å². The first-order valence-corrected chi connectivity index (χ1v) is 4.43.